The molecular formula is C15H17F3N2O2. The first-order chi connectivity index (χ1) is 10.1. The summed E-state index contributed by atoms with van der Waals surface area (Å²) < 4.78 is 42.4. The normalized spacial score (nSPS) is 11.4. The number of aromatic nitrogens is 1. The first-order valence-electron chi connectivity index (χ1n) is 6.57. The van der Waals surface area contributed by atoms with Crippen molar-refractivity contribution >= 4 is 6.09 Å². The summed E-state index contributed by atoms with van der Waals surface area (Å²) in [7, 11) is 0. The summed E-state index contributed by atoms with van der Waals surface area (Å²) in [4.78, 5) is 14.6. The highest BCUT2D eigenvalue weighted by Gasteiger charge is 2.32. The Morgan fingerprint density at radius 1 is 1.36 bits per heavy atom. The molecule has 0 radical (unpaired) electrons. The molecule has 0 saturated heterocycles. The maximum atomic E-state index is 12.5. The van der Waals surface area contributed by atoms with Crippen molar-refractivity contribution in [2.24, 2.45) is 0 Å². The second-order valence-electron chi connectivity index (χ2n) is 5.41. The van der Waals surface area contributed by atoms with Gasteiger partial charge in [0.05, 0.1) is 0 Å². The number of alkyl carbamates (subject to hydrolysis) is 1. The lowest BCUT2D eigenvalue weighted by Gasteiger charge is -2.19. The maximum absolute atomic E-state index is 12.5. The van der Waals surface area contributed by atoms with E-state index in [1.165, 1.54) is 6.07 Å². The van der Waals surface area contributed by atoms with Crippen LogP contribution >= 0.6 is 0 Å². The molecule has 0 aliphatic carbocycles. The number of ether oxygens (including phenoxy) is 1. The number of nitrogens with one attached hydrogen (secondary N) is 1. The summed E-state index contributed by atoms with van der Waals surface area (Å²) in [6, 6.07) is 2.28. The lowest BCUT2D eigenvalue weighted by Crippen LogP contribution is -2.32. The second kappa shape index (κ2) is 7.16. The molecule has 0 aliphatic rings. The van der Waals surface area contributed by atoms with Gasteiger partial charge in [0, 0.05) is 24.7 Å². The van der Waals surface area contributed by atoms with Gasteiger partial charge in [-0.05, 0) is 32.9 Å². The van der Waals surface area contributed by atoms with Crippen LogP contribution in [0.4, 0.5) is 18.0 Å². The van der Waals surface area contributed by atoms with Gasteiger partial charge in [0.15, 0.2) is 0 Å². The van der Waals surface area contributed by atoms with Crippen molar-refractivity contribution < 1.29 is 22.7 Å². The SMILES string of the molecule is CC(C)(C)OC(=O)NCCC#Cc1ccnc(C(F)(F)F)c1. The Labute approximate surface area is 127 Å². The van der Waals surface area contributed by atoms with Gasteiger partial charge < -0.3 is 10.1 Å². The van der Waals surface area contributed by atoms with Crippen molar-refractivity contribution in [2.45, 2.75) is 39.0 Å². The number of halogens is 3. The molecule has 1 aromatic heterocycles. The number of nitrogens with zero attached hydrogens (tertiary/aromatic N) is 1. The van der Waals surface area contributed by atoms with Crippen LogP contribution in [0.1, 0.15) is 38.4 Å². The Hall–Kier alpha value is -2.23. The Morgan fingerprint density at radius 2 is 2.05 bits per heavy atom. The highest BCUT2D eigenvalue weighted by molar-refractivity contribution is 5.67. The molecule has 0 bridgehead atoms. The second-order valence-corrected chi connectivity index (χ2v) is 5.41. The van der Waals surface area contributed by atoms with Crippen LogP contribution in [0.15, 0.2) is 18.3 Å². The van der Waals surface area contributed by atoms with E-state index >= 15 is 0 Å². The minimum Gasteiger partial charge on any atom is -0.444 e. The third-order valence-electron chi connectivity index (χ3n) is 2.20. The van der Waals surface area contributed by atoms with Crippen molar-refractivity contribution in [1.82, 2.24) is 10.3 Å². The van der Waals surface area contributed by atoms with Crippen molar-refractivity contribution in [1.29, 1.82) is 0 Å². The number of carbonyl (C=O) groups excluding carboxylic acids is 1. The lowest BCUT2D eigenvalue weighted by atomic mass is 10.2. The molecule has 7 heteroatoms. The summed E-state index contributed by atoms with van der Waals surface area (Å²) in [5.74, 6) is 5.28. The average molecular weight is 314 g/mol. The molecule has 0 saturated carbocycles. The molecule has 22 heavy (non-hydrogen) atoms. The highest BCUT2D eigenvalue weighted by atomic mass is 19.4. The van der Waals surface area contributed by atoms with Gasteiger partial charge in [-0.3, -0.25) is 4.98 Å². The Morgan fingerprint density at radius 3 is 2.64 bits per heavy atom. The maximum Gasteiger partial charge on any atom is 0.433 e. The molecule has 1 heterocycles. The number of carbonyl (C=O) groups is 1. The number of rotatable bonds is 2. The first kappa shape index (κ1) is 17.8. The molecule has 0 fully saturated rings. The molecule has 0 aromatic carbocycles. The van der Waals surface area contributed by atoms with E-state index in [9.17, 15) is 18.0 Å². The van der Waals surface area contributed by atoms with E-state index in [1.54, 1.807) is 20.8 Å². The zero-order valence-electron chi connectivity index (χ0n) is 12.5. The van der Waals surface area contributed by atoms with Gasteiger partial charge >= 0.3 is 12.3 Å². The third kappa shape index (κ3) is 6.97. The zero-order chi connectivity index (χ0) is 16.8. The molecule has 0 aliphatic heterocycles. The molecular weight excluding hydrogens is 297 g/mol. The minimum atomic E-state index is -4.49. The number of hydrogen-bond donors (Lipinski definition) is 1. The summed E-state index contributed by atoms with van der Waals surface area (Å²) in [5, 5.41) is 2.51. The topological polar surface area (TPSA) is 51.2 Å². The summed E-state index contributed by atoms with van der Waals surface area (Å²) in [5.41, 5.74) is -1.34. The Bertz CT molecular complexity index is 581. The van der Waals surface area contributed by atoms with E-state index in [1.807, 2.05) is 0 Å². The smallest absolute Gasteiger partial charge is 0.433 e. The van der Waals surface area contributed by atoms with Crippen LogP contribution < -0.4 is 5.32 Å². The largest absolute Gasteiger partial charge is 0.444 e. The molecule has 1 aromatic rings. The fourth-order valence-electron chi connectivity index (χ4n) is 1.37. The van der Waals surface area contributed by atoms with Crippen molar-refractivity contribution in [2.75, 3.05) is 6.54 Å². The molecule has 1 N–H and O–H groups in total. The predicted molar refractivity (Wildman–Crippen MR) is 75.0 cm³/mol. The molecule has 1 rings (SSSR count). The van der Waals surface area contributed by atoms with E-state index in [0.717, 1.165) is 12.3 Å². The van der Waals surface area contributed by atoms with Crippen LogP contribution in [0.25, 0.3) is 0 Å². The van der Waals surface area contributed by atoms with Crippen LogP contribution in [0, 0.1) is 11.8 Å². The number of hydrogen-bond acceptors (Lipinski definition) is 3. The fourth-order valence-corrected chi connectivity index (χ4v) is 1.37. The quantitative estimate of drug-likeness (QED) is 0.672. The van der Waals surface area contributed by atoms with Crippen LogP contribution in [-0.4, -0.2) is 23.2 Å². The third-order valence-corrected chi connectivity index (χ3v) is 2.20. The number of alkyl halides is 3. The lowest BCUT2D eigenvalue weighted by molar-refractivity contribution is -0.141. The standard InChI is InChI=1S/C15H17F3N2O2/c1-14(2,3)22-13(21)20-8-5-4-6-11-7-9-19-12(10-11)15(16,17)18/h7,9-10H,5,8H2,1-3H3,(H,20,21). The fraction of sp³-hybridized carbons (Fsp3) is 0.467. The molecule has 0 spiro atoms. The summed E-state index contributed by atoms with van der Waals surface area (Å²) >= 11 is 0. The van der Waals surface area contributed by atoms with Crippen LogP contribution in [-0.2, 0) is 10.9 Å². The molecule has 120 valence electrons. The number of amides is 1. The van der Waals surface area contributed by atoms with E-state index in [0.29, 0.717) is 6.42 Å². The average Bonchev–Trinajstić information content (AvgIpc) is 2.35. The van der Waals surface area contributed by atoms with Gasteiger partial charge in [0.25, 0.3) is 0 Å². The van der Waals surface area contributed by atoms with E-state index in [-0.39, 0.29) is 12.1 Å². The zero-order valence-corrected chi connectivity index (χ0v) is 12.5. The van der Waals surface area contributed by atoms with Gasteiger partial charge in [-0.1, -0.05) is 11.8 Å². The van der Waals surface area contributed by atoms with E-state index in [4.69, 9.17) is 4.74 Å². The van der Waals surface area contributed by atoms with Gasteiger partial charge in [0.2, 0.25) is 0 Å². The van der Waals surface area contributed by atoms with Crippen molar-refractivity contribution in [3.8, 4) is 11.8 Å². The molecule has 1 amide bonds. The Balaban J connectivity index is 2.47. The number of pyridine rings is 1. The van der Waals surface area contributed by atoms with Gasteiger partial charge in [-0.2, -0.15) is 13.2 Å². The van der Waals surface area contributed by atoms with Crippen molar-refractivity contribution in [3.63, 3.8) is 0 Å². The van der Waals surface area contributed by atoms with Gasteiger partial charge in [-0.15, -0.1) is 0 Å². The van der Waals surface area contributed by atoms with Crippen LogP contribution in [0.3, 0.4) is 0 Å². The predicted octanol–water partition coefficient (Wildman–Crippen LogP) is 3.37. The molecule has 0 atom stereocenters. The minimum absolute atomic E-state index is 0.222. The molecule has 0 unspecified atom stereocenters. The first-order valence-corrected chi connectivity index (χ1v) is 6.57. The van der Waals surface area contributed by atoms with Gasteiger partial charge in [-0.25, -0.2) is 4.79 Å². The molecule has 4 nitrogen and oxygen atoms in total. The van der Waals surface area contributed by atoms with Crippen LogP contribution in [0.5, 0.6) is 0 Å². The summed E-state index contributed by atoms with van der Waals surface area (Å²) in [6.45, 7) is 5.48. The Kier molecular flexibility index (Phi) is 5.80. The van der Waals surface area contributed by atoms with E-state index in [2.05, 4.69) is 22.1 Å². The van der Waals surface area contributed by atoms with E-state index < -0.39 is 23.6 Å². The van der Waals surface area contributed by atoms with Crippen LogP contribution in [0.2, 0.25) is 0 Å². The monoisotopic (exact) mass is 314 g/mol. The van der Waals surface area contributed by atoms with Crippen molar-refractivity contribution in [3.05, 3.63) is 29.6 Å². The van der Waals surface area contributed by atoms with Gasteiger partial charge in [0.1, 0.15) is 11.3 Å². The highest BCUT2D eigenvalue weighted by Crippen LogP contribution is 2.27. The summed E-state index contributed by atoms with van der Waals surface area (Å²) in [6.07, 6.45) is -3.69.